The molecule has 0 radical (unpaired) electrons. The van der Waals surface area contributed by atoms with Gasteiger partial charge in [-0.15, -0.1) is 0 Å². The van der Waals surface area contributed by atoms with E-state index in [0.29, 0.717) is 5.56 Å². The van der Waals surface area contributed by atoms with Gasteiger partial charge in [0.2, 0.25) is 0 Å². The molecular weight excluding hydrogens is 272 g/mol. The first kappa shape index (κ1) is 14.9. The van der Waals surface area contributed by atoms with E-state index >= 15 is 0 Å². The van der Waals surface area contributed by atoms with E-state index in [0.717, 1.165) is 22.6 Å². The van der Waals surface area contributed by atoms with Crippen LogP contribution in [0, 0.1) is 0 Å². The molecule has 108 valence electrons. The molecule has 1 atom stereocenters. The topological polar surface area (TPSA) is 55.1 Å². The predicted octanol–water partition coefficient (Wildman–Crippen LogP) is 3.78. The summed E-state index contributed by atoms with van der Waals surface area (Å²) in [5.74, 6) is 1.24. The van der Waals surface area contributed by atoms with Crippen LogP contribution in [0.25, 0.3) is 11.0 Å². The number of nitrogens with zero attached hydrogens (tertiary/aromatic N) is 2. The highest BCUT2D eigenvalue weighted by Crippen LogP contribution is 2.29. The Bertz CT molecular complexity index is 634. The Labute approximate surface area is 123 Å². The lowest BCUT2D eigenvalue weighted by molar-refractivity contribution is 0.0698. The van der Waals surface area contributed by atoms with Crippen LogP contribution in [0.5, 0.6) is 0 Å². The van der Waals surface area contributed by atoms with Crippen molar-refractivity contribution in [3.05, 3.63) is 29.6 Å². The van der Waals surface area contributed by atoms with Gasteiger partial charge in [-0.2, -0.15) is 11.8 Å². The van der Waals surface area contributed by atoms with Crippen molar-refractivity contribution in [1.82, 2.24) is 9.55 Å². The first-order valence-corrected chi connectivity index (χ1v) is 8.09. The molecule has 1 N–H and O–H groups in total. The van der Waals surface area contributed by atoms with E-state index in [1.807, 2.05) is 6.07 Å². The molecule has 0 fully saturated rings. The summed E-state index contributed by atoms with van der Waals surface area (Å²) >= 11 is 1.76. The number of carbonyl (C=O) groups is 1. The van der Waals surface area contributed by atoms with Gasteiger partial charge in [0.25, 0.3) is 0 Å². The van der Waals surface area contributed by atoms with E-state index in [2.05, 4.69) is 36.6 Å². The second-order valence-electron chi connectivity index (χ2n) is 5.28. The molecule has 0 spiro atoms. The summed E-state index contributed by atoms with van der Waals surface area (Å²) in [6.45, 7) is 6.29. The van der Waals surface area contributed by atoms with E-state index in [9.17, 15) is 9.90 Å². The number of aromatic carboxylic acids is 1. The summed E-state index contributed by atoms with van der Waals surface area (Å²) in [5.41, 5.74) is 1.83. The molecule has 4 nitrogen and oxygen atoms in total. The molecule has 5 heteroatoms. The number of hydrogen-bond donors (Lipinski definition) is 1. The van der Waals surface area contributed by atoms with Crippen molar-refractivity contribution in [3.63, 3.8) is 0 Å². The maximum Gasteiger partial charge on any atom is 0.337 e. The normalized spacial score (nSPS) is 13.1. The summed E-state index contributed by atoms with van der Waals surface area (Å²) < 4.78 is 2.10. The number of benzene rings is 1. The first-order valence-electron chi connectivity index (χ1n) is 6.70. The van der Waals surface area contributed by atoms with Gasteiger partial charge in [-0.3, -0.25) is 0 Å². The molecule has 0 amide bonds. The Kier molecular flexibility index (Phi) is 4.38. The van der Waals surface area contributed by atoms with Crippen molar-refractivity contribution in [1.29, 1.82) is 0 Å². The van der Waals surface area contributed by atoms with Gasteiger partial charge in [0.1, 0.15) is 5.82 Å². The molecule has 0 saturated heterocycles. The lowest BCUT2D eigenvalue weighted by Gasteiger charge is -2.19. The molecule has 0 saturated carbocycles. The van der Waals surface area contributed by atoms with E-state index in [1.165, 1.54) is 0 Å². The fourth-order valence-electron chi connectivity index (χ4n) is 2.51. The molecule has 0 aliphatic rings. The zero-order chi connectivity index (χ0) is 14.9. The number of imidazole rings is 1. The van der Waals surface area contributed by atoms with Crippen LogP contribution in [0.4, 0.5) is 0 Å². The lowest BCUT2D eigenvalue weighted by atomic mass is 10.1. The Balaban J connectivity index is 2.77. The maximum absolute atomic E-state index is 11.5. The predicted molar refractivity (Wildman–Crippen MR) is 83.9 cm³/mol. The van der Waals surface area contributed by atoms with Gasteiger partial charge in [0, 0.05) is 17.7 Å². The Morgan fingerprint density at radius 2 is 2.10 bits per heavy atom. The van der Waals surface area contributed by atoms with Gasteiger partial charge in [0.05, 0.1) is 16.6 Å². The molecule has 2 rings (SSSR count). The summed E-state index contributed by atoms with van der Waals surface area (Å²) in [6, 6.07) is 5.51. The molecular formula is C15H20N2O2S. The monoisotopic (exact) mass is 292 g/mol. The van der Waals surface area contributed by atoms with Crippen LogP contribution in [0.2, 0.25) is 0 Å². The number of carboxylic acids is 1. The quantitative estimate of drug-likeness (QED) is 0.911. The highest BCUT2D eigenvalue weighted by molar-refractivity contribution is 7.98. The summed E-state index contributed by atoms with van der Waals surface area (Å²) in [5, 5.41) is 9.42. The van der Waals surface area contributed by atoms with E-state index in [4.69, 9.17) is 0 Å². The SMILES string of the molecule is CSCC(C)n1c(C(C)C)nc2cccc(C(=O)O)c21. The average Bonchev–Trinajstić information content (AvgIpc) is 2.78. The van der Waals surface area contributed by atoms with Gasteiger partial charge in [0.15, 0.2) is 0 Å². The number of hydrogen-bond acceptors (Lipinski definition) is 3. The number of rotatable bonds is 5. The van der Waals surface area contributed by atoms with Crippen LogP contribution < -0.4 is 0 Å². The van der Waals surface area contributed by atoms with Gasteiger partial charge < -0.3 is 9.67 Å². The largest absolute Gasteiger partial charge is 0.478 e. The second-order valence-corrected chi connectivity index (χ2v) is 6.19. The smallest absolute Gasteiger partial charge is 0.337 e. The highest BCUT2D eigenvalue weighted by Gasteiger charge is 2.22. The molecule has 2 aromatic rings. The van der Waals surface area contributed by atoms with Crippen LogP contribution in [0.1, 0.15) is 48.9 Å². The first-order chi connectivity index (χ1) is 9.47. The number of carboxylic acid groups (broad SMARTS) is 1. The zero-order valence-corrected chi connectivity index (χ0v) is 13.1. The summed E-state index contributed by atoms with van der Waals surface area (Å²) in [7, 11) is 0. The minimum atomic E-state index is -0.900. The van der Waals surface area contributed by atoms with Gasteiger partial charge in [-0.25, -0.2) is 9.78 Å². The van der Waals surface area contributed by atoms with Crippen molar-refractivity contribution in [2.75, 3.05) is 12.0 Å². The van der Waals surface area contributed by atoms with Crippen molar-refractivity contribution in [2.24, 2.45) is 0 Å². The fraction of sp³-hybridized carbons (Fsp3) is 0.467. The molecule has 0 aliphatic heterocycles. The van der Waals surface area contributed by atoms with Crippen molar-refractivity contribution in [2.45, 2.75) is 32.7 Å². The van der Waals surface area contributed by atoms with Crippen molar-refractivity contribution >= 4 is 28.8 Å². The fourth-order valence-corrected chi connectivity index (χ4v) is 3.14. The molecule has 1 unspecified atom stereocenters. The van der Waals surface area contributed by atoms with Crippen LogP contribution >= 0.6 is 11.8 Å². The number of fused-ring (bicyclic) bond motifs is 1. The number of para-hydroxylation sites is 1. The van der Waals surface area contributed by atoms with Gasteiger partial charge >= 0.3 is 5.97 Å². The molecule has 0 bridgehead atoms. The Morgan fingerprint density at radius 1 is 1.40 bits per heavy atom. The average molecular weight is 292 g/mol. The third-order valence-electron chi connectivity index (χ3n) is 3.33. The summed E-state index contributed by atoms with van der Waals surface area (Å²) in [6.07, 6.45) is 2.06. The van der Waals surface area contributed by atoms with E-state index in [1.54, 1.807) is 23.9 Å². The molecule has 20 heavy (non-hydrogen) atoms. The minimum absolute atomic E-state index is 0.216. The number of thioether (sulfide) groups is 1. The van der Waals surface area contributed by atoms with Crippen LogP contribution in [-0.2, 0) is 0 Å². The molecule has 1 aromatic heterocycles. The minimum Gasteiger partial charge on any atom is -0.478 e. The Morgan fingerprint density at radius 3 is 2.65 bits per heavy atom. The standard InChI is InChI=1S/C15H20N2O2S/c1-9(2)14-16-12-7-5-6-11(15(18)19)13(12)17(14)10(3)8-20-4/h5-7,9-10H,8H2,1-4H3,(H,18,19). The maximum atomic E-state index is 11.5. The molecule has 1 heterocycles. The second kappa shape index (κ2) is 5.87. The van der Waals surface area contributed by atoms with Gasteiger partial charge in [-0.05, 0) is 25.3 Å². The Hall–Kier alpha value is -1.49. The third-order valence-corrected chi connectivity index (χ3v) is 4.15. The number of aromatic nitrogens is 2. The third kappa shape index (κ3) is 2.54. The summed E-state index contributed by atoms with van der Waals surface area (Å²) in [4.78, 5) is 16.1. The van der Waals surface area contributed by atoms with Gasteiger partial charge in [-0.1, -0.05) is 19.9 Å². The van der Waals surface area contributed by atoms with E-state index in [-0.39, 0.29) is 12.0 Å². The van der Waals surface area contributed by atoms with Crippen molar-refractivity contribution in [3.8, 4) is 0 Å². The molecule has 1 aromatic carbocycles. The van der Waals surface area contributed by atoms with E-state index < -0.39 is 5.97 Å². The van der Waals surface area contributed by atoms with Crippen LogP contribution in [0.15, 0.2) is 18.2 Å². The highest BCUT2D eigenvalue weighted by atomic mass is 32.2. The lowest BCUT2D eigenvalue weighted by Crippen LogP contribution is -2.14. The van der Waals surface area contributed by atoms with Crippen LogP contribution in [0.3, 0.4) is 0 Å². The zero-order valence-electron chi connectivity index (χ0n) is 12.3. The molecule has 0 aliphatic carbocycles. The van der Waals surface area contributed by atoms with Crippen molar-refractivity contribution < 1.29 is 9.90 Å². The van der Waals surface area contributed by atoms with Crippen LogP contribution in [-0.4, -0.2) is 32.6 Å².